The maximum absolute atomic E-state index is 11.0. The Morgan fingerprint density at radius 1 is 1.09 bits per heavy atom. The van der Waals surface area contributed by atoms with Gasteiger partial charge in [-0.2, -0.15) is 0 Å². The molecule has 1 heterocycles. The highest BCUT2D eigenvalue weighted by Gasteiger charge is 2.08. The first-order valence-electron chi connectivity index (χ1n) is 7.43. The van der Waals surface area contributed by atoms with E-state index in [-0.39, 0.29) is 0 Å². The van der Waals surface area contributed by atoms with Gasteiger partial charge in [0.1, 0.15) is 5.82 Å². The third kappa shape index (κ3) is 3.16. The van der Waals surface area contributed by atoms with Crippen LogP contribution in [0.15, 0.2) is 54.6 Å². The minimum absolute atomic E-state index is 0.308. The molecule has 116 valence electrons. The molecule has 0 fully saturated rings. The number of rotatable bonds is 4. The number of hydrogen-bond acceptors (Lipinski definition) is 3. The number of carbonyl (C=O) groups is 1. The van der Waals surface area contributed by atoms with Gasteiger partial charge in [-0.1, -0.05) is 30.3 Å². The van der Waals surface area contributed by atoms with Gasteiger partial charge in [-0.25, -0.2) is 9.78 Å². The van der Waals surface area contributed by atoms with Crippen molar-refractivity contribution in [3.05, 3.63) is 71.3 Å². The molecule has 0 spiro atoms. The summed E-state index contributed by atoms with van der Waals surface area (Å²) in [5, 5.41) is 10.1. The van der Waals surface area contributed by atoms with Crippen LogP contribution in [0.5, 0.6) is 0 Å². The number of aromatic nitrogens is 1. The van der Waals surface area contributed by atoms with Gasteiger partial charge >= 0.3 is 5.97 Å². The number of carboxylic acids is 1. The number of carboxylic acid groups (broad SMARTS) is 1. The number of nitrogens with zero attached hydrogens (tertiary/aromatic N) is 2. The molecule has 0 atom stereocenters. The van der Waals surface area contributed by atoms with Crippen molar-refractivity contribution in [1.29, 1.82) is 0 Å². The van der Waals surface area contributed by atoms with Crippen molar-refractivity contribution in [2.45, 2.75) is 6.42 Å². The van der Waals surface area contributed by atoms with Gasteiger partial charge in [0, 0.05) is 19.5 Å². The van der Waals surface area contributed by atoms with Crippen LogP contribution in [-0.4, -0.2) is 30.2 Å². The van der Waals surface area contributed by atoms with Crippen LogP contribution in [0.1, 0.15) is 21.5 Å². The van der Waals surface area contributed by atoms with Crippen LogP contribution in [0, 0.1) is 0 Å². The summed E-state index contributed by atoms with van der Waals surface area (Å²) in [5.41, 5.74) is 3.54. The first kappa shape index (κ1) is 15.0. The number of benzene rings is 2. The van der Waals surface area contributed by atoms with E-state index < -0.39 is 5.97 Å². The Kier molecular flexibility index (Phi) is 3.98. The molecule has 4 heteroatoms. The van der Waals surface area contributed by atoms with Crippen molar-refractivity contribution in [3.8, 4) is 0 Å². The quantitative estimate of drug-likeness (QED) is 0.800. The van der Waals surface area contributed by atoms with Crippen molar-refractivity contribution in [2.24, 2.45) is 0 Å². The fraction of sp³-hybridized carbons (Fsp3) is 0.158. The minimum atomic E-state index is -0.902. The summed E-state index contributed by atoms with van der Waals surface area (Å²) in [7, 11) is 3.95. The number of pyridine rings is 1. The highest BCUT2D eigenvalue weighted by atomic mass is 16.4. The van der Waals surface area contributed by atoms with E-state index in [1.807, 2.05) is 49.3 Å². The number of hydrogen-bond donors (Lipinski definition) is 1. The largest absolute Gasteiger partial charge is 0.478 e. The second kappa shape index (κ2) is 6.08. The third-order valence-electron chi connectivity index (χ3n) is 3.84. The van der Waals surface area contributed by atoms with Crippen molar-refractivity contribution >= 4 is 22.7 Å². The number of fused-ring (bicyclic) bond motifs is 1. The van der Waals surface area contributed by atoms with E-state index in [0.29, 0.717) is 5.56 Å². The van der Waals surface area contributed by atoms with E-state index in [0.717, 1.165) is 28.7 Å². The Balaban J connectivity index is 2.02. The maximum Gasteiger partial charge on any atom is 0.335 e. The van der Waals surface area contributed by atoms with E-state index in [1.165, 1.54) is 5.56 Å². The molecule has 0 amide bonds. The number of anilines is 1. The third-order valence-corrected chi connectivity index (χ3v) is 3.84. The topological polar surface area (TPSA) is 53.4 Å². The zero-order valence-electron chi connectivity index (χ0n) is 13.2. The van der Waals surface area contributed by atoms with Crippen LogP contribution in [0.4, 0.5) is 5.82 Å². The molecule has 1 N–H and O–H groups in total. The first-order valence-corrected chi connectivity index (χ1v) is 7.43. The lowest BCUT2D eigenvalue weighted by Crippen LogP contribution is -2.11. The average Bonchev–Trinajstić information content (AvgIpc) is 2.55. The molecule has 0 radical (unpaired) electrons. The summed E-state index contributed by atoms with van der Waals surface area (Å²) in [6.45, 7) is 0. The Bertz CT molecular complexity index is 855. The summed E-state index contributed by atoms with van der Waals surface area (Å²) in [5.74, 6) is 0.0154. The van der Waals surface area contributed by atoms with E-state index in [1.54, 1.807) is 12.1 Å². The van der Waals surface area contributed by atoms with Crippen LogP contribution in [0.3, 0.4) is 0 Å². The van der Waals surface area contributed by atoms with Gasteiger partial charge < -0.3 is 10.0 Å². The fourth-order valence-corrected chi connectivity index (χ4v) is 2.59. The molecule has 0 bridgehead atoms. The second-order valence-corrected chi connectivity index (χ2v) is 5.73. The lowest BCUT2D eigenvalue weighted by molar-refractivity contribution is 0.0697. The molecule has 0 saturated carbocycles. The summed E-state index contributed by atoms with van der Waals surface area (Å²) in [4.78, 5) is 17.6. The molecule has 0 aliphatic heterocycles. The van der Waals surface area contributed by atoms with Crippen molar-refractivity contribution < 1.29 is 9.90 Å². The van der Waals surface area contributed by atoms with Crippen molar-refractivity contribution in [2.75, 3.05) is 19.0 Å². The lowest BCUT2D eigenvalue weighted by atomic mass is 10.00. The minimum Gasteiger partial charge on any atom is -0.478 e. The van der Waals surface area contributed by atoms with Crippen LogP contribution in [-0.2, 0) is 6.42 Å². The van der Waals surface area contributed by atoms with Gasteiger partial charge in [0.15, 0.2) is 0 Å². The lowest BCUT2D eigenvalue weighted by Gasteiger charge is -2.15. The molecule has 3 rings (SSSR count). The first-order chi connectivity index (χ1) is 11.0. The van der Waals surface area contributed by atoms with E-state index in [9.17, 15) is 4.79 Å². The van der Waals surface area contributed by atoms with E-state index >= 15 is 0 Å². The molecule has 0 aliphatic carbocycles. The Hall–Kier alpha value is -2.88. The van der Waals surface area contributed by atoms with Crippen LogP contribution >= 0.6 is 0 Å². The summed E-state index contributed by atoms with van der Waals surface area (Å²) in [6, 6.07) is 17.2. The Morgan fingerprint density at radius 3 is 2.43 bits per heavy atom. The fourth-order valence-electron chi connectivity index (χ4n) is 2.59. The van der Waals surface area contributed by atoms with Crippen LogP contribution in [0.25, 0.3) is 10.9 Å². The van der Waals surface area contributed by atoms with Gasteiger partial charge in [0.2, 0.25) is 0 Å². The normalized spacial score (nSPS) is 10.7. The molecule has 3 aromatic rings. The number of aromatic carboxylic acids is 1. The zero-order valence-corrected chi connectivity index (χ0v) is 13.2. The molecular weight excluding hydrogens is 288 g/mol. The standard InChI is InChI=1S/C19H18N2O2/c1-21(2)18-12-15(16-5-3-4-6-17(16)20-18)11-13-7-9-14(10-8-13)19(22)23/h3-10,12H,11H2,1-2H3,(H,22,23). The Labute approximate surface area is 135 Å². The average molecular weight is 306 g/mol. The molecule has 0 aliphatic rings. The SMILES string of the molecule is CN(C)c1cc(Cc2ccc(C(=O)O)cc2)c2ccccc2n1. The van der Waals surface area contributed by atoms with E-state index in [4.69, 9.17) is 5.11 Å². The van der Waals surface area contributed by atoms with Gasteiger partial charge in [-0.15, -0.1) is 0 Å². The molecule has 23 heavy (non-hydrogen) atoms. The predicted molar refractivity (Wildman–Crippen MR) is 92.3 cm³/mol. The number of para-hydroxylation sites is 1. The monoisotopic (exact) mass is 306 g/mol. The van der Waals surface area contributed by atoms with Crippen LogP contribution in [0.2, 0.25) is 0 Å². The summed E-state index contributed by atoms with van der Waals surface area (Å²) in [6.07, 6.45) is 0.740. The smallest absolute Gasteiger partial charge is 0.335 e. The van der Waals surface area contributed by atoms with Gasteiger partial charge in [-0.3, -0.25) is 0 Å². The second-order valence-electron chi connectivity index (χ2n) is 5.73. The zero-order chi connectivity index (χ0) is 16.4. The molecule has 4 nitrogen and oxygen atoms in total. The molecular formula is C19H18N2O2. The van der Waals surface area contributed by atoms with E-state index in [2.05, 4.69) is 17.1 Å². The molecule has 0 saturated heterocycles. The highest BCUT2D eigenvalue weighted by molar-refractivity contribution is 5.87. The van der Waals surface area contributed by atoms with Crippen LogP contribution < -0.4 is 4.90 Å². The van der Waals surface area contributed by atoms with Gasteiger partial charge in [0.05, 0.1) is 11.1 Å². The Morgan fingerprint density at radius 2 is 1.78 bits per heavy atom. The predicted octanol–water partition coefficient (Wildman–Crippen LogP) is 3.59. The van der Waals surface area contributed by atoms with Crippen molar-refractivity contribution in [3.63, 3.8) is 0 Å². The van der Waals surface area contributed by atoms with Gasteiger partial charge in [-0.05, 0) is 41.8 Å². The summed E-state index contributed by atoms with van der Waals surface area (Å²) >= 11 is 0. The maximum atomic E-state index is 11.0. The van der Waals surface area contributed by atoms with Crippen molar-refractivity contribution in [1.82, 2.24) is 4.98 Å². The molecule has 2 aromatic carbocycles. The molecule has 1 aromatic heterocycles. The summed E-state index contributed by atoms with van der Waals surface area (Å²) < 4.78 is 0. The molecule has 0 unspecified atom stereocenters. The van der Waals surface area contributed by atoms with Gasteiger partial charge in [0.25, 0.3) is 0 Å². The highest BCUT2D eigenvalue weighted by Crippen LogP contribution is 2.24.